The van der Waals surface area contributed by atoms with Crippen LogP contribution in [0.4, 0.5) is 4.79 Å². The van der Waals surface area contributed by atoms with E-state index in [2.05, 4.69) is 17.4 Å². The monoisotopic (exact) mass is 594 g/mol. The number of methoxy groups -OCH3 is 1. The fourth-order valence-corrected chi connectivity index (χ4v) is 4.72. The van der Waals surface area contributed by atoms with Crippen molar-refractivity contribution < 1.29 is 37.0 Å². The van der Waals surface area contributed by atoms with Gasteiger partial charge < -0.3 is 19.1 Å². The van der Waals surface area contributed by atoms with Crippen LogP contribution in [0.5, 0.6) is 0 Å². The second-order valence-electron chi connectivity index (χ2n) is 10.1. The van der Waals surface area contributed by atoms with E-state index in [1.165, 1.54) is 31.2 Å². The molecule has 13 heteroatoms. The smallest absolute Gasteiger partial charge is 0.426 e. The van der Waals surface area contributed by atoms with Crippen LogP contribution >= 0.6 is 0 Å². The molecule has 228 valence electrons. The number of nitrogens with one attached hydrogen (secondary N) is 2. The van der Waals surface area contributed by atoms with Gasteiger partial charge in [-0.2, -0.15) is 4.31 Å². The number of sulfonamides is 1. The van der Waals surface area contributed by atoms with E-state index >= 15 is 0 Å². The van der Waals surface area contributed by atoms with Crippen molar-refractivity contribution in [2.24, 2.45) is 0 Å². The predicted octanol–water partition coefficient (Wildman–Crippen LogP) is 3.10. The van der Waals surface area contributed by atoms with Crippen LogP contribution in [0.2, 0.25) is 0 Å². The van der Waals surface area contributed by atoms with Gasteiger partial charge in [-0.3, -0.25) is 15.0 Å². The highest BCUT2D eigenvalue weighted by molar-refractivity contribution is 7.93. The lowest BCUT2D eigenvalue weighted by Crippen LogP contribution is -2.44. The van der Waals surface area contributed by atoms with Crippen LogP contribution in [0.3, 0.4) is 0 Å². The first-order valence-electron chi connectivity index (χ1n) is 12.8. The fraction of sp³-hybridized carbons (Fsp3) is 0.464. The molecule has 0 saturated carbocycles. The lowest BCUT2D eigenvalue weighted by molar-refractivity contribution is -0.135. The molecular formula is C28H42N4O8S. The third-order valence-corrected chi connectivity index (χ3v) is 7.61. The summed E-state index contributed by atoms with van der Waals surface area (Å²) < 4.78 is 42.6. The number of carbonyl (C=O) groups is 3. The third-order valence-electron chi connectivity index (χ3n) is 5.49. The standard InChI is InChI=1S/C28H42N4O8S/c1-10-24(20(2)17-21(3)38-9)41(36,37)32(8)15-16-39-19-25(33)31(7)18-22-11-13-23(14-12-22)26(34)29-30-27(35)40-28(4,5)6/h10-14,17H,3,15-16,18-19H2,1-2,4-9H3,(H,29,34)(H,30,35)/b20-17-,24-10-. The highest BCUT2D eigenvalue weighted by Crippen LogP contribution is 2.21. The number of ether oxygens (including phenoxy) is 3. The third kappa shape index (κ3) is 12.2. The molecule has 0 unspecified atom stereocenters. The Morgan fingerprint density at radius 3 is 2.22 bits per heavy atom. The summed E-state index contributed by atoms with van der Waals surface area (Å²) >= 11 is 0. The Labute approximate surface area is 243 Å². The quantitative estimate of drug-likeness (QED) is 0.154. The van der Waals surface area contributed by atoms with E-state index in [0.717, 1.165) is 9.87 Å². The van der Waals surface area contributed by atoms with Crippen LogP contribution in [0, 0.1) is 0 Å². The molecular weight excluding hydrogens is 552 g/mol. The van der Waals surface area contributed by atoms with E-state index in [1.807, 2.05) is 0 Å². The minimum Gasteiger partial charge on any atom is -0.497 e. The molecule has 41 heavy (non-hydrogen) atoms. The van der Waals surface area contributed by atoms with Crippen molar-refractivity contribution in [3.8, 4) is 0 Å². The van der Waals surface area contributed by atoms with Crippen LogP contribution in [0.1, 0.15) is 50.5 Å². The maximum absolute atomic E-state index is 13.0. The Balaban J connectivity index is 2.55. The number of likely N-dealkylation sites (N-methyl/N-ethyl adjacent to an activating group) is 2. The van der Waals surface area contributed by atoms with E-state index in [1.54, 1.807) is 65.9 Å². The summed E-state index contributed by atoms with van der Waals surface area (Å²) in [6.45, 7) is 12.2. The largest absolute Gasteiger partial charge is 0.497 e. The van der Waals surface area contributed by atoms with Crippen molar-refractivity contribution in [2.45, 2.75) is 46.8 Å². The van der Waals surface area contributed by atoms with Gasteiger partial charge >= 0.3 is 6.09 Å². The van der Waals surface area contributed by atoms with E-state index in [9.17, 15) is 22.8 Å². The van der Waals surface area contributed by atoms with Crippen LogP contribution < -0.4 is 10.9 Å². The minimum absolute atomic E-state index is 0.0149. The number of rotatable bonds is 13. The maximum atomic E-state index is 13.0. The molecule has 0 aliphatic heterocycles. The average molecular weight is 595 g/mol. The molecule has 12 nitrogen and oxygen atoms in total. The first-order chi connectivity index (χ1) is 19.0. The van der Waals surface area contributed by atoms with Crippen LogP contribution in [0.25, 0.3) is 0 Å². The number of hydrogen-bond donors (Lipinski definition) is 2. The Hall–Kier alpha value is -3.68. The van der Waals surface area contributed by atoms with Crippen molar-refractivity contribution in [3.63, 3.8) is 0 Å². The zero-order valence-corrected chi connectivity index (χ0v) is 25.9. The number of nitrogens with zero attached hydrogens (tertiary/aromatic N) is 2. The Kier molecular flexibility index (Phi) is 13.7. The van der Waals surface area contributed by atoms with Gasteiger partial charge in [0, 0.05) is 32.7 Å². The second-order valence-corrected chi connectivity index (χ2v) is 12.1. The van der Waals surface area contributed by atoms with Crippen molar-refractivity contribution in [1.29, 1.82) is 0 Å². The van der Waals surface area contributed by atoms with Gasteiger partial charge in [0.2, 0.25) is 15.9 Å². The van der Waals surface area contributed by atoms with Crippen molar-refractivity contribution in [3.05, 3.63) is 70.4 Å². The molecule has 0 spiro atoms. The predicted molar refractivity (Wildman–Crippen MR) is 156 cm³/mol. The number of hydrogen-bond acceptors (Lipinski definition) is 8. The number of benzene rings is 1. The molecule has 0 aliphatic carbocycles. The van der Waals surface area contributed by atoms with E-state index < -0.39 is 27.6 Å². The molecule has 2 N–H and O–H groups in total. The topological polar surface area (TPSA) is 144 Å². The van der Waals surface area contributed by atoms with Gasteiger partial charge in [-0.1, -0.05) is 24.8 Å². The van der Waals surface area contributed by atoms with Gasteiger partial charge in [0.05, 0.1) is 18.6 Å². The van der Waals surface area contributed by atoms with Crippen LogP contribution in [-0.4, -0.2) is 82.1 Å². The first-order valence-corrected chi connectivity index (χ1v) is 14.2. The lowest BCUT2D eigenvalue weighted by Gasteiger charge is -2.21. The van der Waals surface area contributed by atoms with Gasteiger partial charge in [0.25, 0.3) is 5.91 Å². The molecule has 0 saturated heterocycles. The summed E-state index contributed by atoms with van der Waals surface area (Å²) in [6.07, 6.45) is 2.26. The van der Waals surface area contributed by atoms with Crippen LogP contribution in [-0.2, 0) is 35.6 Å². The van der Waals surface area contributed by atoms with Gasteiger partial charge in [0.1, 0.15) is 18.0 Å². The molecule has 0 heterocycles. The molecule has 1 aromatic carbocycles. The van der Waals surface area contributed by atoms with E-state index in [0.29, 0.717) is 16.9 Å². The molecule has 3 amide bonds. The summed E-state index contributed by atoms with van der Waals surface area (Å²) in [6, 6.07) is 6.50. The molecule has 0 fully saturated rings. The first kappa shape index (κ1) is 35.3. The van der Waals surface area contributed by atoms with Gasteiger partial charge in [0.15, 0.2) is 0 Å². The number of amides is 3. The SMILES string of the molecule is C=C(/C=C(C)\C(=C\C)S(=O)(=O)N(C)CCOCC(=O)N(C)Cc1ccc(C(=O)NNC(=O)OC(C)(C)C)cc1)OC. The average Bonchev–Trinajstić information content (AvgIpc) is 2.88. The molecule has 0 atom stereocenters. The Morgan fingerprint density at radius 1 is 1.07 bits per heavy atom. The summed E-state index contributed by atoms with van der Waals surface area (Å²) in [7, 11) is 0.703. The highest BCUT2D eigenvalue weighted by atomic mass is 32.2. The van der Waals surface area contributed by atoms with E-state index in [-0.39, 0.29) is 37.1 Å². The molecule has 0 aromatic heterocycles. The normalized spacial score (nSPS) is 12.5. The van der Waals surface area contributed by atoms with Crippen LogP contribution in [0.15, 0.2) is 59.2 Å². The number of hydrazine groups is 1. The molecule has 1 aromatic rings. The van der Waals surface area contributed by atoms with Gasteiger partial charge in [-0.05, 0) is 64.0 Å². The second kappa shape index (κ2) is 15.9. The van der Waals surface area contributed by atoms with Crippen molar-refractivity contribution >= 4 is 27.9 Å². The van der Waals surface area contributed by atoms with Gasteiger partial charge in [-0.15, -0.1) is 0 Å². The minimum atomic E-state index is -3.79. The summed E-state index contributed by atoms with van der Waals surface area (Å²) in [5.41, 5.74) is 5.31. The Morgan fingerprint density at radius 2 is 1.68 bits per heavy atom. The molecule has 0 bridgehead atoms. The summed E-state index contributed by atoms with van der Waals surface area (Å²) in [4.78, 5) is 38.0. The van der Waals surface area contributed by atoms with E-state index in [4.69, 9.17) is 14.2 Å². The Bertz CT molecular complexity index is 1250. The molecule has 0 radical (unpaired) electrons. The molecule has 1 rings (SSSR count). The number of carbonyl (C=O) groups excluding carboxylic acids is 3. The van der Waals surface area contributed by atoms with Gasteiger partial charge in [-0.25, -0.2) is 18.6 Å². The zero-order valence-electron chi connectivity index (χ0n) is 25.1. The fourth-order valence-electron chi connectivity index (χ4n) is 3.31. The number of allylic oxidation sites excluding steroid dienone is 3. The lowest BCUT2D eigenvalue weighted by atomic mass is 10.1. The van der Waals surface area contributed by atoms with Crippen molar-refractivity contribution in [2.75, 3.05) is 41.0 Å². The summed E-state index contributed by atoms with van der Waals surface area (Å²) in [5.74, 6) is -0.495. The highest BCUT2D eigenvalue weighted by Gasteiger charge is 2.24. The zero-order chi connectivity index (χ0) is 31.4. The summed E-state index contributed by atoms with van der Waals surface area (Å²) in [5, 5.41) is 0. The molecule has 0 aliphatic rings. The maximum Gasteiger partial charge on any atom is 0.426 e. The van der Waals surface area contributed by atoms with Crippen molar-refractivity contribution in [1.82, 2.24) is 20.1 Å².